The average Bonchev–Trinajstić information content (AvgIpc) is 3.03. The van der Waals surface area contributed by atoms with Crippen LogP contribution in [0.4, 0.5) is 15.8 Å². The predicted molar refractivity (Wildman–Crippen MR) is 175 cm³/mol. The third-order valence-corrected chi connectivity index (χ3v) is 9.44. The number of nitrogens with zero attached hydrogens (tertiary/aromatic N) is 5. The molecule has 0 spiro atoms. The van der Waals surface area contributed by atoms with Crippen LogP contribution in [0.3, 0.4) is 0 Å². The Kier molecular flexibility index (Phi) is 7.55. The van der Waals surface area contributed by atoms with Crippen LogP contribution < -0.4 is 14.5 Å². The average molecular weight is 662 g/mol. The van der Waals surface area contributed by atoms with E-state index in [9.17, 15) is 13.2 Å². The van der Waals surface area contributed by atoms with Crippen LogP contribution in [-0.2, 0) is 25.6 Å². The summed E-state index contributed by atoms with van der Waals surface area (Å²) < 4.78 is 52.1. The zero-order valence-corrected chi connectivity index (χ0v) is 26.7. The van der Waals surface area contributed by atoms with Crippen molar-refractivity contribution in [1.29, 1.82) is 0 Å². The number of benzene rings is 3. The van der Waals surface area contributed by atoms with Crippen molar-refractivity contribution in [3.05, 3.63) is 89.5 Å². The molecule has 2 atom stereocenters. The number of carbonyl (C=O) groups is 1. The standard InChI is InChI=1S/C33H29ClFN5O5S/c1-38-25-15-37-31-23(14-36-30(29(31)35)22-8-4-6-20-7-5-9-24(34)28(20)22)32(25)40-18-27(45-46(3,42)43)39(17-26(40)33(38)41)16-19-10-12-21(44-2)13-11-19/h4-15,26-27H,16-18H2,1-3H3/t26-,27+/m0/s1. The van der Waals surface area contributed by atoms with E-state index in [1.165, 1.54) is 11.1 Å². The second kappa shape index (κ2) is 11.5. The smallest absolute Gasteiger partial charge is 0.265 e. The summed E-state index contributed by atoms with van der Waals surface area (Å²) in [7, 11) is -0.660. The van der Waals surface area contributed by atoms with Crippen LogP contribution in [0, 0.1) is 5.82 Å². The minimum Gasteiger partial charge on any atom is -0.497 e. The van der Waals surface area contributed by atoms with Crippen molar-refractivity contribution < 1.29 is 26.5 Å². The van der Waals surface area contributed by atoms with Crippen molar-refractivity contribution in [3.63, 3.8) is 0 Å². The monoisotopic (exact) mass is 661 g/mol. The van der Waals surface area contributed by atoms with Crippen LogP contribution in [-0.4, -0.2) is 75.0 Å². The highest BCUT2D eigenvalue weighted by atomic mass is 35.5. The quantitative estimate of drug-likeness (QED) is 0.227. The first-order valence-corrected chi connectivity index (χ1v) is 16.7. The van der Waals surface area contributed by atoms with Crippen molar-refractivity contribution in [2.24, 2.45) is 0 Å². The molecule has 3 aromatic carbocycles. The zero-order valence-electron chi connectivity index (χ0n) is 25.1. The van der Waals surface area contributed by atoms with Gasteiger partial charge in [-0.05, 0) is 29.1 Å². The number of hydrogen-bond donors (Lipinski definition) is 0. The number of rotatable bonds is 6. The molecule has 2 aliphatic rings. The maximum absolute atomic E-state index is 16.5. The third-order valence-electron chi connectivity index (χ3n) is 8.55. The van der Waals surface area contributed by atoms with Gasteiger partial charge >= 0.3 is 0 Å². The Morgan fingerprint density at radius 3 is 2.48 bits per heavy atom. The Labute approximate surface area is 270 Å². The summed E-state index contributed by atoms with van der Waals surface area (Å²) in [5, 5.41) is 2.38. The molecule has 236 valence electrons. The molecule has 1 saturated heterocycles. The molecule has 0 unspecified atom stereocenters. The number of pyridine rings is 2. The van der Waals surface area contributed by atoms with Gasteiger partial charge in [0.1, 0.15) is 29.2 Å². The number of fused-ring (bicyclic) bond motifs is 6. The maximum atomic E-state index is 16.5. The first-order chi connectivity index (χ1) is 22.0. The van der Waals surface area contributed by atoms with Gasteiger partial charge in [0.25, 0.3) is 16.0 Å². The van der Waals surface area contributed by atoms with Gasteiger partial charge in [-0.15, -0.1) is 0 Å². The molecule has 0 saturated carbocycles. The molecule has 1 amide bonds. The van der Waals surface area contributed by atoms with Crippen LogP contribution >= 0.6 is 11.6 Å². The Morgan fingerprint density at radius 2 is 1.76 bits per heavy atom. The number of amides is 1. The summed E-state index contributed by atoms with van der Waals surface area (Å²) in [5.41, 5.74) is 2.56. The lowest BCUT2D eigenvalue weighted by atomic mass is 9.98. The third kappa shape index (κ3) is 5.20. The number of aromatic nitrogens is 2. The molecule has 10 nitrogen and oxygen atoms in total. The first kappa shape index (κ1) is 30.3. The van der Waals surface area contributed by atoms with E-state index in [1.54, 1.807) is 37.4 Å². The second-order valence-corrected chi connectivity index (χ2v) is 13.4. The van der Waals surface area contributed by atoms with Gasteiger partial charge in [0, 0.05) is 47.7 Å². The Bertz CT molecular complexity index is 2130. The number of methoxy groups -OCH3 is 1. The van der Waals surface area contributed by atoms with Crippen molar-refractivity contribution in [2.45, 2.75) is 18.8 Å². The fourth-order valence-corrected chi connectivity index (χ4v) is 7.27. The molecule has 0 aliphatic carbocycles. The Hall–Kier alpha value is -4.36. The predicted octanol–water partition coefficient (Wildman–Crippen LogP) is 5.22. The SMILES string of the molecule is COc1ccc(CN2C[C@H]3C(=O)N(C)c4cnc5c(F)c(-c6cccc7cccc(Cl)c67)ncc5c4N3C[C@H]2OS(C)(=O)=O)cc1. The summed E-state index contributed by atoms with van der Waals surface area (Å²) >= 11 is 6.55. The Morgan fingerprint density at radius 1 is 1.02 bits per heavy atom. The summed E-state index contributed by atoms with van der Waals surface area (Å²) in [6.07, 6.45) is 3.07. The highest BCUT2D eigenvalue weighted by molar-refractivity contribution is 7.86. The molecule has 0 N–H and O–H groups in total. The van der Waals surface area contributed by atoms with Crippen LogP contribution in [0.25, 0.3) is 32.9 Å². The van der Waals surface area contributed by atoms with Gasteiger partial charge < -0.3 is 14.5 Å². The molecule has 4 heterocycles. The van der Waals surface area contributed by atoms with Gasteiger partial charge in [0.2, 0.25) is 0 Å². The molecule has 5 aromatic rings. The van der Waals surface area contributed by atoms with E-state index in [4.69, 9.17) is 20.5 Å². The molecular weight excluding hydrogens is 633 g/mol. The molecule has 7 rings (SSSR count). The number of carbonyl (C=O) groups excluding carboxylic acids is 1. The van der Waals surface area contributed by atoms with Crippen molar-refractivity contribution in [3.8, 4) is 17.0 Å². The van der Waals surface area contributed by atoms with Gasteiger partial charge in [-0.2, -0.15) is 8.42 Å². The van der Waals surface area contributed by atoms with Gasteiger partial charge in [0.15, 0.2) is 5.82 Å². The van der Waals surface area contributed by atoms with E-state index < -0.39 is 28.2 Å². The van der Waals surface area contributed by atoms with E-state index in [0.717, 1.165) is 17.2 Å². The summed E-state index contributed by atoms with van der Waals surface area (Å²) in [6, 6.07) is 17.6. The number of halogens is 2. The van der Waals surface area contributed by atoms with Crippen LogP contribution in [0.15, 0.2) is 73.1 Å². The van der Waals surface area contributed by atoms with Gasteiger partial charge in [-0.25, -0.2) is 8.57 Å². The van der Waals surface area contributed by atoms with Gasteiger partial charge in [-0.1, -0.05) is 54.1 Å². The number of ether oxygens (including phenoxy) is 1. The van der Waals surface area contributed by atoms with E-state index in [2.05, 4.69) is 9.97 Å². The molecule has 0 radical (unpaired) electrons. The molecule has 0 bridgehead atoms. The fourth-order valence-electron chi connectivity index (χ4n) is 6.40. The molecule has 2 aliphatic heterocycles. The van der Waals surface area contributed by atoms with Gasteiger partial charge in [0.05, 0.1) is 37.5 Å². The van der Waals surface area contributed by atoms with Gasteiger partial charge in [-0.3, -0.25) is 19.7 Å². The molecule has 13 heteroatoms. The fraction of sp³-hybridized carbons (Fsp3) is 0.242. The highest BCUT2D eigenvalue weighted by Crippen LogP contribution is 2.44. The zero-order chi connectivity index (χ0) is 32.3. The lowest BCUT2D eigenvalue weighted by molar-refractivity contribution is -0.122. The van der Waals surface area contributed by atoms with E-state index >= 15 is 4.39 Å². The maximum Gasteiger partial charge on any atom is 0.265 e. The number of piperazine rings is 1. The normalized spacial score (nSPS) is 18.6. The van der Waals surface area contributed by atoms with Crippen LogP contribution in [0.2, 0.25) is 5.02 Å². The molecule has 2 aromatic heterocycles. The lowest BCUT2D eigenvalue weighted by Crippen LogP contribution is -2.65. The van der Waals surface area contributed by atoms with Crippen LogP contribution in [0.5, 0.6) is 5.75 Å². The Balaban J connectivity index is 1.33. The number of hydrogen-bond acceptors (Lipinski definition) is 9. The first-order valence-electron chi connectivity index (χ1n) is 14.5. The largest absolute Gasteiger partial charge is 0.497 e. The van der Waals surface area contributed by atoms with Crippen LogP contribution in [0.1, 0.15) is 5.56 Å². The molecular formula is C33H29ClFN5O5S. The van der Waals surface area contributed by atoms with E-state index in [1.807, 2.05) is 53.4 Å². The summed E-state index contributed by atoms with van der Waals surface area (Å²) in [4.78, 5) is 27.9. The minimum atomic E-state index is -3.89. The molecule has 46 heavy (non-hydrogen) atoms. The number of anilines is 2. The summed E-state index contributed by atoms with van der Waals surface area (Å²) in [5.74, 6) is -0.154. The highest BCUT2D eigenvalue weighted by Gasteiger charge is 2.46. The number of likely N-dealkylation sites (N-methyl/N-ethyl adjacent to an activating group) is 1. The van der Waals surface area contributed by atoms with Crippen molar-refractivity contribution >= 4 is 60.7 Å². The van der Waals surface area contributed by atoms with E-state index in [0.29, 0.717) is 45.0 Å². The topological polar surface area (TPSA) is 105 Å². The molecule has 1 fully saturated rings. The van der Waals surface area contributed by atoms with E-state index in [-0.39, 0.29) is 30.2 Å². The van der Waals surface area contributed by atoms with Crippen molar-refractivity contribution in [2.75, 3.05) is 43.3 Å². The van der Waals surface area contributed by atoms with Crippen molar-refractivity contribution in [1.82, 2.24) is 14.9 Å². The lowest BCUT2D eigenvalue weighted by Gasteiger charge is -2.50. The second-order valence-electron chi connectivity index (χ2n) is 11.4. The summed E-state index contributed by atoms with van der Waals surface area (Å²) in [6.45, 7) is 0.492. The minimum absolute atomic E-state index is 0.0158.